The fraction of sp³-hybridized carbons (Fsp3) is 0.867. The van der Waals surface area contributed by atoms with E-state index in [9.17, 15) is 0 Å². The standard InChI is InChI=1S/C15H30O2Si/c1-5-16-18(13(2)3)17-14(4)12-15-10-8-6-7-9-11-15/h12-13,15,18H,5-11H2,1-4H3. The Kier molecular flexibility index (Phi) is 7.67. The lowest BCUT2D eigenvalue weighted by atomic mass is 10.00. The van der Waals surface area contributed by atoms with E-state index in [-0.39, 0.29) is 0 Å². The van der Waals surface area contributed by atoms with Crippen LogP contribution < -0.4 is 0 Å². The van der Waals surface area contributed by atoms with Crippen LogP contribution in [0.3, 0.4) is 0 Å². The van der Waals surface area contributed by atoms with Crippen LogP contribution in [0, 0.1) is 5.92 Å². The van der Waals surface area contributed by atoms with Gasteiger partial charge in [0.25, 0.3) is 0 Å². The molecule has 3 heteroatoms. The van der Waals surface area contributed by atoms with E-state index in [0.717, 1.165) is 18.3 Å². The zero-order valence-corrected chi connectivity index (χ0v) is 13.7. The molecule has 1 aliphatic carbocycles. The minimum Gasteiger partial charge on any atom is -0.526 e. The van der Waals surface area contributed by atoms with Crippen LogP contribution in [0.2, 0.25) is 5.54 Å². The Balaban J connectivity index is 2.47. The van der Waals surface area contributed by atoms with E-state index in [1.807, 2.05) is 0 Å². The van der Waals surface area contributed by atoms with Crippen LogP contribution in [0.25, 0.3) is 0 Å². The monoisotopic (exact) mass is 270 g/mol. The molecule has 18 heavy (non-hydrogen) atoms. The van der Waals surface area contributed by atoms with Gasteiger partial charge in [0, 0.05) is 12.1 Å². The van der Waals surface area contributed by atoms with Crippen molar-refractivity contribution in [2.24, 2.45) is 5.92 Å². The summed E-state index contributed by atoms with van der Waals surface area (Å²) in [6.07, 6.45) is 10.6. The van der Waals surface area contributed by atoms with Crippen LogP contribution in [-0.4, -0.2) is 15.9 Å². The summed E-state index contributed by atoms with van der Waals surface area (Å²) in [6.45, 7) is 9.32. The summed E-state index contributed by atoms with van der Waals surface area (Å²) in [7, 11) is -1.52. The van der Waals surface area contributed by atoms with E-state index in [0.29, 0.717) is 5.54 Å². The van der Waals surface area contributed by atoms with E-state index in [1.54, 1.807) is 0 Å². The fourth-order valence-corrected chi connectivity index (χ4v) is 4.06. The molecule has 1 atom stereocenters. The maximum atomic E-state index is 6.07. The van der Waals surface area contributed by atoms with Crippen molar-refractivity contribution in [1.29, 1.82) is 0 Å². The van der Waals surface area contributed by atoms with Crippen molar-refractivity contribution in [1.82, 2.24) is 0 Å². The molecule has 0 aromatic carbocycles. The van der Waals surface area contributed by atoms with Gasteiger partial charge in [0.15, 0.2) is 0 Å². The van der Waals surface area contributed by atoms with Crippen molar-refractivity contribution in [3.63, 3.8) is 0 Å². The number of rotatable bonds is 6. The number of hydrogen-bond acceptors (Lipinski definition) is 2. The quantitative estimate of drug-likeness (QED) is 0.401. The molecule has 106 valence electrons. The highest BCUT2D eigenvalue weighted by atomic mass is 28.3. The maximum absolute atomic E-state index is 6.07. The molecule has 0 aromatic heterocycles. The van der Waals surface area contributed by atoms with Gasteiger partial charge >= 0.3 is 9.28 Å². The fourth-order valence-electron chi connectivity index (χ4n) is 2.56. The second-order valence-corrected chi connectivity index (χ2v) is 8.35. The van der Waals surface area contributed by atoms with Gasteiger partial charge in [-0.1, -0.05) is 39.5 Å². The molecule has 1 saturated carbocycles. The number of hydrogen-bond donors (Lipinski definition) is 0. The highest BCUT2D eigenvalue weighted by Crippen LogP contribution is 2.25. The van der Waals surface area contributed by atoms with Crippen molar-refractivity contribution in [2.75, 3.05) is 6.61 Å². The van der Waals surface area contributed by atoms with Gasteiger partial charge in [0.1, 0.15) is 0 Å². The molecule has 1 fully saturated rings. The van der Waals surface area contributed by atoms with Gasteiger partial charge < -0.3 is 8.85 Å². The Morgan fingerprint density at radius 1 is 1.22 bits per heavy atom. The molecular weight excluding hydrogens is 240 g/mol. The average molecular weight is 270 g/mol. The minimum atomic E-state index is -1.52. The minimum absolute atomic E-state index is 0.530. The molecule has 0 spiro atoms. The summed E-state index contributed by atoms with van der Waals surface area (Å²) in [5.74, 6) is 1.83. The SMILES string of the molecule is CCO[SiH](OC(C)=CC1CCCCCC1)C(C)C. The molecule has 0 radical (unpaired) electrons. The smallest absolute Gasteiger partial charge is 0.384 e. The van der Waals surface area contributed by atoms with E-state index >= 15 is 0 Å². The Morgan fingerprint density at radius 2 is 1.83 bits per heavy atom. The normalized spacial score (nSPS) is 20.8. The van der Waals surface area contributed by atoms with E-state index in [2.05, 4.69) is 33.8 Å². The second-order valence-electron chi connectivity index (χ2n) is 5.71. The molecule has 0 bridgehead atoms. The van der Waals surface area contributed by atoms with Crippen molar-refractivity contribution >= 4 is 9.28 Å². The molecule has 0 aliphatic heterocycles. The van der Waals surface area contributed by atoms with Gasteiger partial charge in [0.05, 0.1) is 5.76 Å². The van der Waals surface area contributed by atoms with Gasteiger partial charge in [-0.3, -0.25) is 0 Å². The van der Waals surface area contributed by atoms with Crippen LogP contribution in [0.4, 0.5) is 0 Å². The molecular formula is C15H30O2Si. The lowest BCUT2D eigenvalue weighted by molar-refractivity contribution is 0.238. The molecule has 0 aromatic rings. The van der Waals surface area contributed by atoms with Gasteiger partial charge in [-0.15, -0.1) is 0 Å². The predicted molar refractivity (Wildman–Crippen MR) is 79.9 cm³/mol. The van der Waals surface area contributed by atoms with Crippen molar-refractivity contribution in [3.8, 4) is 0 Å². The first-order valence-electron chi connectivity index (χ1n) is 7.60. The topological polar surface area (TPSA) is 18.5 Å². The first-order valence-corrected chi connectivity index (χ1v) is 9.21. The average Bonchev–Trinajstić information content (AvgIpc) is 2.57. The Hall–Kier alpha value is -0.283. The molecule has 0 saturated heterocycles. The third-order valence-electron chi connectivity index (χ3n) is 3.55. The van der Waals surface area contributed by atoms with Gasteiger partial charge in [-0.2, -0.15) is 0 Å². The lowest BCUT2D eigenvalue weighted by Crippen LogP contribution is -2.25. The van der Waals surface area contributed by atoms with Crippen LogP contribution in [0.1, 0.15) is 66.2 Å². The van der Waals surface area contributed by atoms with E-state index in [1.165, 1.54) is 38.5 Å². The largest absolute Gasteiger partial charge is 0.526 e. The summed E-state index contributed by atoms with van der Waals surface area (Å²) >= 11 is 0. The third kappa shape index (κ3) is 6.05. The van der Waals surface area contributed by atoms with Gasteiger partial charge in [0.2, 0.25) is 0 Å². The van der Waals surface area contributed by atoms with Crippen molar-refractivity contribution in [3.05, 3.63) is 11.8 Å². The molecule has 1 rings (SSSR count). The summed E-state index contributed by atoms with van der Waals surface area (Å²) in [5.41, 5.74) is 0.530. The Labute approximate surface area is 115 Å². The van der Waals surface area contributed by atoms with E-state index in [4.69, 9.17) is 8.85 Å². The Morgan fingerprint density at radius 3 is 2.33 bits per heavy atom. The second kappa shape index (κ2) is 8.76. The summed E-state index contributed by atoms with van der Waals surface area (Å²) in [6, 6.07) is 0. The number of allylic oxidation sites excluding steroid dienone is 2. The van der Waals surface area contributed by atoms with Crippen molar-refractivity contribution in [2.45, 2.75) is 71.8 Å². The first kappa shape index (κ1) is 15.8. The molecule has 1 aliphatic rings. The maximum Gasteiger partial charge on any atom is 0.384 e. The third-order valence-corrected chi connectivity index (χ3v) is 5.90. The van der Waals surface area contributed by atoms with Crippen LogP contribution in [0.5, 0.6) is 0 Å². The van der Waals surface area contributed by atoms with E-state index < -0.39 is 9.28 Å². The van der Waals surface area contributed by atoms with Crippen LogP contribution in [-0.2, 0) is 8.85 Å². The summed E-state index contributed by atoms with van der Waals surface area (Å²) in [4.78, 5) is 0. The highest BCUT2D eigenvalue weighted by molar-refractivity contribution is 6.46. The lowest BCUT2D eigenvalue weighted by Gasteiger charge is -2.21. The molecule has 0 N–H and O–H groups in total. The van der Waals surface area contributed by atoms with Crippen LogP contribution in [0.15, 0.2) is 11.8 Å². The van der Waals surface area contributed by atoms with Crippen LogP contribution >= 0.6 is 0 Å². The van der Waals surface area contributed by atoms with Gasteiger partial charge in [-0.25, -0.2) is 0 Å². The summed E-state index contributed by atoms with van der Waals surface area (Å²) in [5, 5.41) is 0. The molecule has 1 unspecified atom stereocenters. The first-order chi connectivity index (χ1) is 8.63. The molecule has 0 heterocycles. The van der Waals surface area contributed by atoms with Gasteiger partial charge in [-0.05, 0) is 38.7 Å². The van der Waals surface area contributed by atoms with Crippen molar-refractivity contribution < 1.29 is 8.85 Å². The predicted octanol–water partition coefficient (Wildman–Crippen LogP) is 4.54. The Bertz CT molecular complexity index is 243. The highest BCUT2D eigenvalue weighted by Gasteiger charge is 2.20. The summed E-state index contributed by atoms with van der Waals surface area (Å²) < 4.78 is 11.8. The molecule has 2 nitrogen and oxygen atoms in total. The zero-order valence-electron chi connectivity index (χ0n) is 12.6. The molecule has 0 amide bonds. The zero-order chi connectivity index (χ0) is 13.4.